The van der Waals surface area contributed by atoms with E-state index in [-0.39, 0.29) is 35.5 Å². The third-order valence-corrected chi connectivity index (χ3v) is 4.89. The largest absolute Gasteiger partial charge is 0.471 e. The van der Waals surface area contributed by atoms with E-state index in [1.165, 1.54) is 49.6 Å². The fourth-order valence-corrected chi connectivity index (χ4v) is 3.19. The topological polar surface area (TPSA) is 105 Å². The molecule has 0 aromatic heterocycles. The SMILES string of the molecule is COCCCN1C(=O)c2ccc(C(=O)NCc3ccc(NC(=O)C(F)(F)F)cc3)cc2C1=O. The summed E-state index contributed by atoms with van der Waals surface area (Å²) in [6, 6.07) is 9.69. The van der Waals surface area contributed by atoms with Gasteiger partial charge in [-0.25, -0.2) is 0 Å². The smallest absolute Gasteiger partial charge is 0.385 e. The molecule has 3 rings (SSSR count). The van der Waals surface area contributed by atoms with Crippen LogP contribution in [0.5, 0.6) is 0 Å². The van der Waals surface area contributed by atoms with Crippen LogP contribution in [-0.2, 0) is 16.1 Å². The van der Waals surface area contributed by atoms with Gasteiger partial charge in [0.1, 0.15) is 0 Å². The second-order valence-electron chi connectivity index (χ2n) is 7.20. The molecule has 0 unspecified atom stereocenters. The van der Waals surface area contributed by atoms with E-state index >= 15 is 0 Å². The summed E-state index contributed by atoms with van der Waals surface area (Å²) in [5, 5.41) is 4.37. The predicted octanol–water partition coefficient (Wildman–Crippen LogP) is 2.75. The van der Waals surface area contributed by atoms with Gasteiger partial charge < -0.3 is 15.4 Å². The van der Waals surface area contributed by atoms with Crippen molar-refractivity contribution in [2.24, 2.45) is 0 Å². The lowest BCUT2D eigenvalue weighted by Gasteiger charge is -2.12. The fraction of sp³-hybridized carbons (Fsp3) is 0.273. The Hall–Kier alpha value is -3.73. The Balaban J connectivity index is 1.61. The molecule has 1 heterocycles. The first kappa shape index (κ1) is 23.9. The molecular weight excluding hydrogens is 443 g/mol. The molecule has 0 atom stereocenters. The molecule has 1 aliphatic rings. The number of hydrogen-bond donors (Lipinski definition) is 2. The van der Waals surface area contributed by atoms with Crippen LogP contribution in [0.1, 0.15) is 43.1 Å². The number of carbonyl (C=O) groups excluding carboxylic acids is 4. The Morgan fingerprint density at radius 1 is 1.00 bits per heavy atom. The maximum atomic E-state index is 12.6. The second-order valence-corrected chi connectivity index (χ2v) is 7.20. The number of hydrogen-bond acceptors (Lipinski definition) is 5. The molecule has 11 heteroatoms. The second kappa shape index (κ2) is 9.82. The highest BCUT2D eigenvalue weighted by molar-refractivity contribution is 6.22. The van der Waals surface area contributed by atoms with E-state index < -0.39 is 29.8 Å². The number of carbonyl (C=O) groups is 4. The molecule has 4 amide bonds. The highest BCUT2D eigenvalue weighted by atomic mass is 19.4. The molecule has 0 bridgehead atoms. The highest BCUT2D eigenvalue weighted by Crippen LogP contribution is 2.24. The van der Waals surface area contributed by atoms with E-state index in [0.29, 0.717) is 18.6 Å². The number of benzene rings is 2. The maximum absolute atomic E-state index is 12.6. The van der Waals surface area contributed by atoms with Crippen molar-refractivity contribution < 1.29 is 37.1 Å². The third kappa shape index (κ3) is 5.55. The number of ether oxygens (including phenoxy) is 1. The first-order valence-electron chi connectivity index (χ1n) is 9.86. The quantitative estimate of drug-likeness (QED) is 0.463. The molecule has 0 spiro atoms. The van der Waals surface area contributed by atoms with E-state index in [2.05, 4.69) is 5.32 Å². The molecule has 0 saturated heterocycles. The number of rotatable bonds is 8. The minimum absolute atomic E-state index is 0.0377. The lowest BCUT2D eigenvalue weighted by atomic mass is 10.1. The van der Waals surface area contributed by atoms with E-state index in [4.69, 9.17) is 4.74 Å². The van der Waals surface area contributed by atoms with Crippen molar-refractivity contribution in [3.8, 4) is 0 Å². The van der Waals surface area contributed by atoms with Gasteiger partial charge in [0.2, 0.25) is 0 Å². The Labute approximate surface area is 186 Å². The van der Waals surface area contributed by atoms with Crippen molar-refractivity contribution in [3.05, 3.63) is 64.7 Å². The van der Waals surface area contributed by atoms with Gasteiger partial charge in [0.15, 0.2) is 0 Å². The average Bonchev–Trinajstić information content (AvgIpc) is 3.02. The Kier molecular flexibility index (Phi) is 7.12. The van der Waals surface area contributed by atoms with Gasteiger partial charge >= 0.3 is 12.1 Å². The zero-order chi connectivity index (χ0) is 24.2. The molecule has 33 heavy (non-hydrogen) atoms. The van der Waals surface area contributed by atoms with Crippen LogP contribution in [0.25, 0.3) is 0 Å². The Morgan fingerprint density at radius 2 is 1.67 bits per heavy atom. The number of halogens is 3. The molecule has 174 valence electrons. The molecule has 2 aromatic rings. The summed E-state index contributed by atoms with van der Waals surface area (Å²) in [7, 11) is 1.52. The van der Waals surface area contributed by atoms with Gasteiger partial charge in [0.25, 0.3) is 17.7 Å². The first-order chi connectivity index (χ1) is 15.6. The predicted molar refractivity (Wildman–Crippen MR) is 111 cm³/mol. The molecule has 2 aromatic carbocycles. The minimum Gasteiger partial charge on any atom is -0.385 e. The van der Waals surface area contributed by atoms with Crippen LogP contribution in [0.3, 0.4) is 0 Å². The van der Waals surface area contributed by atoms with Crippen LogP contribution in [0.2, 0.25) is 0 Å². The van der Waals surface area contributed by atoms with Gasteiger partial charge in [0, 0.05) is 38.1 Å². The summed E-state index contributed by atoms with van der Waals surface area (Å²) >= 11 is 0. The van der Waals surface area contributed by atoms with E-state index in [1.54, 1.807) is 5.32 Å². The van der Waals surface area contributed by atoms with Gasteiger partial charge in [0.05, 0.1) is 11.1 Å². The number of methoxy groups -OCH3 is 1. The normalized spacial score (nSPS) is 13.2. The fourth-order valence-electron chi connectivity index (χ4n) is 3.19. The van der Waals surface area contributed by atoms with E-state index in [0.717, 1.165) is 4.90 Å². The van der Waals surface area contributed by atoms with Gasteiger partial charge in [-0.3, -0.25) is 24.1 Å². The van der Waals surface area contributed by atoms with Crippen molar-refractivity contribution in [2.45, 2.75) is 19.1 Å². The van der Waals surface area contributed by atoms with Gasteiger partial charge in [-0.1, -0.05) is 12.1 Å². The number of amides is 4. The van der Waals surface area contributed by atoms with Crippen LogP contribution in [0.15, 0.2) is 42.5 Å². The van der Waals surface area contributed by atoms with Gasteiger partial charge in [-0.2, -0.15) is 13.2 Å². The molecular formula is C22H20F3N3O5. The summed E-state index contributed by atoms with van der Waals surface area (Å²) < 4.78 is 41.8. The molecule has 2 N–H and O–H groups in total. The molecule has 0 aliphatic carbocycles. The van der Waals surface area contributed by atoms with Crippen molar-refractivity contribution in [3.63, 3.8) is 0 Å². The van der Waals surface area contributed by atoms with E-state index in [1.807, 2.05) is 0 Å². The zero-order valence-electron chi connectivity index (χ0n) is 17.5. The summed E-state index contributed by atoms with van der Waals surface area (Å²) in [6.07, 6.45) is -4.50. The standard InChI is InChI=1S/C22H20F3N3O5/c1-33-10-2-9-28-19(30)16-8-5-14(11-17(16)20(28)31)18(29)26-12-13-3-6-15(7-4-13)27-21(32)22(23,24)25/h3-8,11H,2,9-10,12H2,1H3,(H,26,29)(H,27,32). The zero-order valence-corrected chi connectivity index (χ0v) is 17.5. The van der Waals surface area contributed by atoms with Crippen molar-refractivity contribution in [1.82, 2.24) is 10.2 Å². The van der Waals surface area contributed by atoms with Crippen LogP contribution in [0, 0.1) is 0 Å². The number of nitrogens with zero attached hydrogens (tertiary/aromatic N) is 1. The van der Waals surface area contributed by atoms with Crippen LogP contribution < -0.4 is 10.6 Å². The Morgan fingerprint density at radius 3 is 2.30 bits per heavy atom. The number of anilines is 1. The summed E-state index contributed by atoms with van der Waals surface area (Å²) in [4.78, 5) is 49.5. The lowest BCUT2D eigenvalue weighted by molar-refractivity contribution is -0.167. The van der Waals surface area contributed by atoms with Crippen molar-refractivity contribution in [2.75, 3.05) is 25.6 Å². The van der Waals surface area contributed by atoms with Crippen molar-refractivity contribution in [1.29, 1.82) is 0 Å². The van der Waals surface area contributed by atoms with Gasteiger partial charge in [-0.15, -0.1) is 0 Å². The van der Waals surface area contributed by atoms with E-state index in [9.17, 15) is 32.3 Å². The number of nitrogens with one attached hydrogen (secondary N) is 2. The summed E-state index contributed by atoms with van der Waals surface area (Å²) in [5.74, 6) is -3.47. The number of imide groups is 1. The Bertz CT molecular complexity index is 1080. The maximum Gasteiger partial charge on any atom is 0.471 e. The molecule has 8 nitrogen and oxygen atoms in total. The molecule has 0 saturated carbocycles. The van der Waals surface area contributed by atoms with Crippen LogP contribution >= 0.6 is 0 Å². The molecule has 0 fully saturated rings. The van der Waals surface area contributed by atoms with Gasteiger partial charge in [-0.05, 0) is 42.3 Å². The monoisotopic (exact) mass is 463 g/mol. The minimum atomic E-state index is -4.99. The van der Waals surface area contributed by atoms with Crippen LogP contribution in [-0.4, -0.2) is 55.0 Å². The lowest BCUT2D eigenvalue weighted by Crippen LogP contribution is -2.31. The molecule has 0 radical (unpaired) electrons. The molecule has 1 aliphatic heterocycles. The summed E-state index contributed by atoms with van der Waals surface area (Å²) in [6.45, 7) is 0.664. The summed E-state index contributed by atoms with van der Waals surface area (Å²) in [5.41, 5.74) is 1.09. The number of alkyl halides is 3. The average molecular weight is 463 g/mol. The first-order valence-corrected chi connectivity index (χ1v) is 9.86. The third-order valence-electron chi connectivity index (χ3n) is 4.89. The van der Waals surface area contributed by atoms with Crippen molar-refractivity contribution >= 4 is 29.3 Å². The van der Waals surface area contributed by atoms with Crippen LogP contribution in [0.4, 0.5) is 18.9 Å². The number of fused-ring (bicyclic) bond motifs is 1. The highest BCUT2D eigenvalue weighted by Gasteiger charge is 2.38.